The average molecular weight is 399 g/mol. The molecule has 0 amide bonds. The molecule has 0 N–H and O–H groups in total. The van der Waals surface area contributed by atoms with Gasteiger partial charge in [-0.3, -0.25) is 0 Å². The van der Waals surface area contributed by atoms with Crippen molar-refractivity contribution >= 4 is 30.4 Å². The SMILES string of the molecule is CC.CCCCN1CCCC1.CCCCN1CCCC1.[CH3][Al].[CH3][Al]([CH3])[CH3]. The van der Waals surface area contributed by atoms with Gasteiger partial charge < -0.3 is 9.80 Å². The van der Waals surface area contributed by atoms with Crippen molar-refractivity contribution in [1.29, 1.82) is 0 Å². The lowest BCUT2D eigenvalue weighted by Crippen LogP contribution is -2.19. The van der Waals surface area contributed by atoms with Crippen LogP contribution in [0.1, 0.15) is 79.1 Å². The Morgan fingerprint density at radius 2 is 0.885 bits per heavy atom. The highest BCUT2D eigenvalue weighted by Crippen LogP contribution is 2.08. The van der Waals surface area contributed by atoms with Gasteiger partial charge in [0.25, 0.3) is 14.1 Å². The van der Waals surface area contributed by atoms with Gasteiger partial charge in [0.05, 0.1) is 0 Å². The highest BCUT2D eigenvalue weighted by atomic mass is 27.2. The van der Waals surface area contributed by atoms with E-state index in [2.05, 4.69) is 57.3 Å². The van der Waals surface area contributed by atoms with E-state index in [4.69, 9.17) is 0 Å². The fraction of sp³-hybridized carbons (Fsp3) is 1.00. The number of nitrogens with zero attached hydrogens (tertiary/aromatic N) is 2. The molecule has 0 aromatic rings. The molecule has 4 heteroatoms. The molecule has 0 aromatic heterocycles. The van der Waals surface area contributed by atoms with Crippen LogP contribution in [0.3, 0.4) is 0 Å². The summed E-state index contributed by atoms with van der Waals surface area (Å²) < 4.78 is 0. The smallest absolute Gasteiger partial charge is 0.251 e. The first-order chi connectivity index (χ1) is 12.6. The predicted molar refractivity (Wildman–Crippen MR) is 127 cm³/mol. The van der Waals surface area contributed by atoms with Crippen LogP contribution in [0.15, 0.2) is 0 Å². The minimum absolute atomic E-state index is 0.139. The van der Waals surface area contributed by atoms with E-state index in [0.29, 0.717) is 0 Å². The first kappa shape index (κ1) is 31.7. The van der Waals surface area contributed by atoms with Crippen LogP contribution in [0.2, 0.25) is 23.1 Å². The summed E-state index contributed by atoms with van der Waals surface area (Å²) in [6.45, 7) is 16.7. The van der Waals surface area contributed by atoms with Crippen molar-refractivity contribution in [2.24, 2.45) is 0 Å². The summed E-state index contributed by atoms with van der Waals surface area (Å²) in [5.41, 5.74) is 0. The van der Waals surface area contributed by atoms with E-state index >= 15 is 0 Å². The van der Waals surface area contributed by atoms with E-state index in [1.807, 2.05) is 19.6 Å². The van der Waals surface area contributed by atoms with Gasteiger partial charge in [-0.25, -0.2) is 0 Å². The molecule has 26 heavy (non-hydrogen) atoms. The average Bonchev–Trinajstić information content (AvgIpc) is 3.35. The molecular weight excluding hydrogens is 346 g/mol. The van der Waals surface area contributed by atoms with Gasteiger partial charge in [-0.05, 0) is 77.8 Å². The molecule has 2 aliphatic rings. The second kappa shape index (κ2) is 28.2. The van der Waals surface area contributed by atoms with E-state index in [1.165, 1.54) is 90.6 Å². The normalized spacial score (nSPS) is 16.0. The fourth-order valence-corrected chi connectivity index (χ4v) is 2.78. The van der Waals surface area contributed by atoms with Gasteiger partial charge in [0, 0.05) is 0 Å². The van der Waals surface area contributed by atoms with Crippen LogP contribution in [0.25, 0.3) is 0 Å². The highest BCUT2D eigenvalue weighted by molar-refractivity contribution is 6.54. The van der Waals surface area contributed by atoms with Crippen LogP contribution in [0.5, 0.6) is 0 Å². The number of unbranched alkanes of at least 4 members (excludes halogenated alkanes) is 2. The molecule has 156 valence electrons. The third-order valence-electron chi connectivity index (χ3n) is 4.05. The van der Waals surface area contributed by atoms with Crippen LogP contribution in [0.4, 0.5) is 0 Å². The van der Waals surface area contributed by atoms with Gasteiger partial charge in [-0.2, -0.15) is 0 Å². The summed E-state index contributed by atoms with van der Waals surface area (Å²) in [6, 6.07) is 0. The summed E-state index contributed by atoms with van der Waals surface area (Å²) >= 11 is 2.28. The molecule has 2 nitrogen and oxygen atoms in total. The second-order valence-electron chi connectivity index (χ2n) is 7.54. The number of rotatable bonds is 6. The first-order valence-corrected chi connectivity index (χ1v) is 16.2. The predicted octanol–water partition coefficient (Wildman–Crippen LogP) is 6.36. The van der Waals surface area contributed by atoms with Gasteiger partial charge in [0.15, 0.2) is 0 Å². The van der Waals surface area contributed by atoms with E-state index in [-0.39, 0.29) is 14.1 Å². The minimum Gasteiger partial charge on any atom is -0.303 e. The Labute approximate surface area is 181 Å². The molecule has 0 atom stereocenters. The Morgan fingerprint density at radius 3 is 1.08 bits per heavy atom. The molecule has 0 aromatic carbocycles. The van der Waals surface area contributed by atoms with Crippen molar-refractivity contribution < 1.29 is 0 Å². The van der Waals surface area contributed by atoms with Gasteiger partial charge in [-0.15, -0.1) is 23.1 Å². The Balaban J connectivity index is -0.000000294. The van der Waals surface area contributed by atoms with Gasteiger partial charge in [0.2, 0.25) is 0 Å². The topological polar surface area (TPSA) is 6.48 Å². The maximum Gasteiger partial charge on any atom is 0.251 e. The van der Waals surface area contributed by atoms with Crippen molar-refractivity contribution in [2.45, 2.75) is 102 Å². The summed E-state index contributed by atoms with van der Waals surface area (Å²) in [5, 5.41) is 0. The van der Waals surface area contributed by atoms with Crippen LogP contribution in [-0.2, 0) is 0 Å². The largest absolute Gasteiger partial charge is 0.303 e. The molecule has 0 bridgehead atoms. The molecule has 2 heterocycles. The minimum atomic E-state index is -0.139. The van der Waals surface area contributed by atoms with E-state index in [1.54, 1.807) is 0 Å². The van der Waals surface area contributed by atoms with Crippen molar-refractivity contribution in [3.05, 3.63) is 0 Å². The third kappa shape index (κ3) is 27.2. The summed E-state index contributed by atoms with van der Waals surface area (Å²) in [7, 11) is 0. The second-order valence-corrected chi connectivity index (χ2v) is 11.0. The van der Waals surface area contributed by atoms with E-state index < -0.39 is 0 Å². The molecular formula is C22H52Al2N2. The molecule has 2 saturated heterocycles. The van der Waals surface area contributed by atoms with E-state index in [9.17, 15) is 0 Å². The first-order valence-electron chi connectivity index (χ1n) is 11.6. The lowest BCUT2D eigenvalue weighted by molar-refractivity contribution is 0.332. The Morgan fingerprint density at radius 1 is 0.654 bits per heavy atom. The lowest BCUT2D eigenvalue weighted by Gasteiger charge is -2.12. The van der Waals surface area contributed by atoms with Crippen LogP contribution < -0.4 is 0 Å². The quantitative estimate of drug-likeness (QED) is 0.480. The summed E-state index contributed by atoms with van der Waals surface area (Å²) in [4.78, 5) is 5.15. The number of likely N-dealkylation sites (tertiary alicyclic amines) is 2. The van der Waals surface area contributed by atoms with Crippen LogP contribution >= 0.6 is 0 Å². The Bertz CT molecular complexity index is 191. The number of hydrogen-bond acceptors (Lipinski definition) is 2. The maximum atomic E-state index is 2.57. The Hall–Kier alpha value is 0.985. The van der Waals surface area contributed by atoms with Crippen molar-refractivity contribution in [1.82, 2.24) is 9.80 Å². The third-order valence-corrected chi connectivity index (χ3v) is 4.05. The van der Waals surface area contributed by atoms with Crippen molar-refractivity contribution in [2.75, 3.05) is 39.3 Å². The number of hydrogen-bond donors (Lipinski definition) is 0. The zero-order chi connectivity index (χ0) is 20.6. The van der Waals surface area contributed by atoms with Gasteiger partial charge in [0.1, 0.15) is 16.3 Å². The van der Waals surface area contributed by atoms with Crippen LogP contribution in [-0.4, -0.2) is 79.5 Å². The van der Waals surface area contributed by atoms with Crippen molar-refractivity contribution in [3.63, 3.8) is 0 Å². The lowest BCUT2D eigenvalue weighted by atomic mass is 10.3. The van der Waals surface area contributed by atoms with Crippen LogP contribution in [0, 0.1) is 0 Å². The molecule has 0 spiro atoms. The maximum absolute atomic E-state index is 2.57. The summed E-state index contributed by atoms with van der Waals surface area (Å²) in [6.07, 6.45) is 11.2. The molecule has 0 aliphatic carbocycles. The molecule has 0 unspecified atom stereocenters. The van der Waals surface area contributed by atoms with Crippen molar-refractivity contribution in [3.8, 4) is 0 Å². The van der Waals surface area contributed by atoms with Gasteiger partial charge >= 0.3 is 0 Å². The molecule has 2 rings (SSSR count). The monoisotopic (exact) mass is 398 g/mol. The fourth-order valence-electron chi connectivity index (χ4n) is 2.78. The summed E-state index contributed by atoms with van der Waals surface area (Å²) in [5.74, 6) is 8.83. The molecule has 0 saturated carbocycles. The Kier molecular flexibility index (Phi) is 34.3. The highest BCUT2D eigenvalue weighted by Gasteiger charge is 2.09. The van der Waals surface area contributed by atoms with E-state index in [0.717, 1.165) is 0 Å². The molecule has 2 radical (unpaired) electrons. The molecule has 2 aliphatic heterocycles. The van der Waals surface area contributed by atoms with Gasteiger partial charge in [-0.1, -0.05) is 40.5 Å². The zero-order valence-corrected chi connectivity index (χ0v) is 22.3. The molecule has 2 fully saturated rings. The zero-order valence-electron chi connectivity index (χ0n) is 19.9. The standard InChI is InChI=1S/2C8H17N.C2H6.4CH3.2Al/c2*1-2-3-6-9-7-4-5-8-9;1-2;;;;;;/h2*2-8H2,1H3;1-2H3;4*1H3;;.